The van der Waals surface area contributed by atoms with E-state index in [9.17, 15) is 0 Å². The highest BCUT2D eigenvalue weighted by atomic mass is 32.1. The molecule has 1 aliphatic rings. The van der Waals surface area contributed by atoms with Crippen LogP contribution >= 0.6 is 11.3 Å². The van der Waals surface area contributed by atoms with E-state index in [4.69, 9.17) is 9.72 Å². The van der Waals surface area contributed by atoms with Crippen LogP contribution in [0.15, 0.2) is 116 Å². The van der Waals surface area contributed by atoms with E-state index in [0.717, 1.165) is 45.5 Å². The molecule has 0 aliphatic carbocycles. The third kappa shape index (κ3) is 4.45. The SMILES string of the molecule is CN1CN(c2cccc(Oc3ccc4c5ccccc5n(-c5cc(C(C)(C)C)ccn5)c4c3)c2)c2ccc3sc4ncccc4c3c21. The van der Waals surface area contributed by atoms with Gasteiger partial charge in [0, 0.05) is 63.5 Å². The van der Waals surface area contributed by atoms with Gasteiger partial charge in [-0.3, -0.25) is 4.57 Å². The van der Waals surface area contributed by atoms with Crippen molar-refractivity contribution in [3.8, 4) is 17.3 Å². The summed E-state index contributed by atoms with van der Waals surface area (Å²) in [4.78, 5) is 15.2. The van der Waals surface area contributed by atoms with Gasteiger partial charge in [0.15, 0.2) is 0 Å². The Balaban J connectivity index is 1.11. The molecule has 4 aromatic heterocycles. The normalized spacial score (nSPS) is 13.4. The van der Waals surface area contributed by atoms with Gasteiger partial charge in [0.2, 0.25) is 0 Å². The number of ether oxygens (including phenoxy) is 1. The molecule has 8 aromatic rings. The van der Waals surface area contributed by atoms with Crippen LogP contribution in [0.5, 0.6) is 11.5 Å². The van der Waals surface area contributed by atoms with Crippen molar-refractivity contribution in [3.63, 3.8) is 0 Å². The Hall–Kier alpha value is -5.40. The minimum Gasteiger partial charge on any atom is -0.457 e. The molecule has 4 aromatic carbocycles. The highest BCUT2D eigenvalue weighted by Gasteiger charge is 2.28. The second-order valence-corrected chi connectivity index (χ2v) is 14.3. The van der Waals surface area contributed by atoms with Crippen molar-refractivity contribution in [2.45, 2.75) is 26.2 Å². The molecule has 0 spiro atoms. The Morgan fingerprint density at radius 2 is 1.55 bits per heavy atom. The number of rotatable bonds is 4. The van der Waals surface area contributed by atoms with Gasteiger partial charge in [0.05, 0.1) is 29.1 Å². The molecule has 0 fully saturated rings. The van der Waals surface area contributed by atoms with E-state index < -0.39 is 0 Å². The molecule has 0 unspecified atom stereocenters. The standard InChI is InChI=1S/C40H33N5OS/c1-40(2,3)25-18-20-41-36(21-25)45-32-13-6-5-11-29(32)30-15-14-28(23-34(30)45)46-27-10-7-9-26(22-27)44-24-43(4)38-33(44)16-17-35-37(38)31-12-8-19-42-39(31)47-35/h5-23H,24H2,1-4H3. The maximum absolute atomic E-state index is 6.60. The first kappa shape index (κ1) is 27.9. The van der Waals surface area contributed by atoms with Crippen molar-refractivity contribution in [2.24, 2.45) is 0 Å². The first-order valence-electron chi connectivity index (χ1n) is 15.9. The predicted molar refractivity (Wildman–Crippen MR) is 196 cm³/mol. The minimum absolute atomic E-state index is 0.0150. The van der Waals surface area contributed by atoms with Crippen molar-refractivity contribution in [2.75, 3.05) is 23.5 Å². The number of fused-ring (bicyclic) bond motifs is 8. The summed E-state index contributed by atoms with van der Waals surface area (Å²) in [6, 6.07) is 36.3. The van der Waals surface area contributed by atoms with Crippen molar-refractivity contribution in [1.82, 2.24) is 14.5 Å². The van der Waals surface area contributed by atoms with Crippen LogP contribution in [0.25, 0.3) is 47.9 Å². The molecule has 0 radical (unpaired) electrons. The van der Waals surface area contributed by atoms with Gasteiger partial charge in [-0.25, -0.2) is 9.97 Å². The van der Waals surface area contributed by atoms with Gasteiger partial charge in [-0.15, -0.1) is 11.3 Å². The Morgan fingerprint density at radius 1 is 0.723 bits per heavy atom. The average molecular weight is 632 g/mol. The van der Waals surface area contributed by atoms with E-state index in [1.807, 2.05) is 24.5 Å². The Labute approximate surface area is 277 Å². The number of para-hydroxylation sites is 1. The highest BCUT2D eigenvalue weighted by Crippen LogP contribution is 2.49. The van der Waals surface area contributed by atoms with E-state index in [1.165, 1.54) is 43.2 Å². The molecule has 0 N–H and O–H groups in total. The second-order valence-electron chi connectivity index (χ2n) is 13.3. The number of pyridine rings is 2. The first-order chi connectivity index (χ1) is 22.8. The van der Waals surface area contributed by atoms with Gasteiger partial charge in [0.1, 0.15) is 22.1 Å². The third-order valence-electron chi connectivity index (χ3n) is 9.24. The zero-order valence-corrected chi connectivity index (χ0v) is 27.5. The summed E-state index contributed by atoms with van der Waals surface area (Å²) >= 11 is 1.75. The molecule has 9 rings (SSSR count). The van der Waals surface area contributed by atoms with E-state index in [0.29, 0.717) is 0 Å². The fourth-order valence-corrected chi connectivity index (χ4v) is 8.02. The Kier molecular flexibility index (Phi) is 6.11. The van der Waals surface area contributed by atoms with Crippen LogP contribution in [0.2, 0.25) is 0 Å². The molecule has 0 saturated carbocycles. The van der Waals surface area contributed by atoms with Crippen LogP contribution in [0.1, 0.15) is 26.3 Å². The maximum Gasteiger partial charge on any atom is 0.137 e. The summed E-state index contributed by atoms with van der Waals surface area (Å²) in [6.07, 6.45) is 3.79. The van der Waals surface area contributed by atoms with Gasteiger partial charge >= 0.3 is 0 Å². The van der Waals surface area contributed by atoms with E-state index in [2.05, 4.69) is 138 Å². The second kappa shape index (κ2) is 10.3. The number of thiophene rings is 1. The summed E-state index contributed by atoms with van der Waals surface area (Å²) in [7, 11) is 2.17. The number of benzene rings is 4. The van der Waals surface area contributed by atoms with E-state index in [1.54, 1.807) is 11.3 Å². The molecule has 5 heterocycles. The number of hydrogen-bond acceptors (Lipinski definition) is 6. The van der Waals surface area contributed by atoms with Crippen molar-refractivity contribution >= 4 is 70.5 Å². The lowest BCUT2D eigenvalue weighted by Crippen LogP contribution is -2.23. The van der Waals surface area contributed by atoms with Gasteiger partial charge < -0.3 is 14.5 Å². The summed E-state index contributed by atoms with van der Waals surface area (Å²) in [5, 5.41) is 4.85. The third-order valence-corrected chi connectivity index (χ3v) is 10.3. The lowest BCUT2D eigenvalue weighted by Gasteiger charge is -2.20. The molecule has 0 amide bonds. The zero-order chi connectivity index (χ0) is 31.9. The topological polar surface area (TPSA) is 46.4 Å². The van der Waals surface area contributed by atoms with Gasteiger partial charge in [0.25, 0.3) is 0 Å². The molecule has 6 nitrogen and oxygen atoms in total. The van der Waals surface area contributed by atoms with Gasteiger partial charge in [-0.05, 0) is 77.7 Å². The fraction of sp³-hybridized carbons (Fsp3) is 0.150. The van der Waals surface area contributed by atoms with Crippen LogP contribution in [-0.4, -0.2) is 28.3 Å². The molecule has 230 valence electrons. The number of nitrogens with zero attached hydrogens (tertiary/aromatic N) is 5. The smallest absolute Gasteiger partial charge is 0.137 e. The quantitative estimate of drug-likeness (QED) is 0.193. The largest absolute Gasteiger partial charge is 0.457 e. The van der Waals surface area contributed by atoms with Crippen molar-refractivity contribution in [3.05, 3.63) is 121 Å². The Morgan fingerprint density at radius 3 is 2.45 bits per heavy atom. The van der Waals surface area contributed by atoms with Gasteiger partial charge in [-0.2, -0.15) is 0 Å². The lowest BCUT2D eigenvalue weighted by molar-refractivity contribution is 0.483. The molecule has 0 bridgehead atoms. The fourth-order valence-electron chi connectivity index (χ4n) is 6.98. The molecule has 1 aliphatic heterocycles. The lowest BCUT2D eigenvalue weighted by atomic mass is 9.88. The molecular formula is C40H33N5OS. The van der Waals surface area contributed by atoms with Crippen LogP contribution in [-0.2, 0) is 5.41 Å². The van der Waals surface area contributed by atoms with Crippen LogP contribution in [0, 0.1) is 0 Å². The number of anilines is 3. The number of aromatic nitrogens is 3. The highest BCUT2D eigenvalue weighted by molar-refractivity contribution is 7.25. The average Bonchev–Trinajstić information content (AvgIpc) is 3.73. The summed E-state index contributed by atoms with van der Waals surface area (Å²) in [5.41, 5.74) is 6.98. The maximum atomic E-state index is 6.60. The zero-order valence-electron chi connectivity index (χ0n) is 26.7. The van der Waals surface area contributed by atoms with Crippen LogP contribution < -0.4 is 14.5 Å². The number of hydrogen-bond donors (Lipinski definition) is 0. The monoisotopic (exact) mass is 631 g/mol. The van der Waals surface area contributed by atoms with E-state index >= 15 is 0 Å². The first-order valence-corrected chi connectivity index (χ1v) is 16.7. The minimum atomic E-state index is 0.0150. The summed E-state index contributed by atoms with van der Waals surface area (Å²) in [6.45, 7) is 7.46. The molecule has 47 heavy (non-hydrogen) atoms. The summed E-state index contributed by atoms with van der Waals surface area (Å²) < 4.78 is 10.1. The van der Waals surface area contributed by atoms with Crippen LogP contribution in [0.3, 0.4) is 0 Å². The van der Waals surface area contributed by atoms with Gasteiger partial charge in [-0.1, -0.05) is 45.0 Å². The molecule has 7 heteroatoms. The predicted octanol–water partition coefficient (Wildman–Crippen LogP) is 10.6. The van der Waals surface area contributed by atoms with E-state index in [-0.39, 0.29) is 5.41 Å². The van der Waals surface area contributed by atoms with Crippen LogP contribution in [0.4, 0.5) is 17.1 Å². The van der Waals surface area contributed by atoms with Crippen molar-refractivity contribution in [1.29, 1.82) is 0 Å². The van der Waals surface area contributed by atoms with Crippen molar-refractivity contribution < 1.29 is 4.74 Å². The molecule has 0 atom stereocenters. The molecule has 0 saturated heterocycles. The molecular weight excluding hydrogens is 599 g/mol. The Bertz CT molecular complexity index is 2510. The summed E-state index contributed by atoms with van der Waals surface area (Å²) in [5.74, 6) is 2.48.